The van der Waals surface area contributed by atoms with Crippen molar-refractivity contribution in [1.82, 2.24) is 0 Å². The van der Waals surface area contributed by atoms with Crippen LogP contribution in [0.2, 0.25) is 0 Å². The molecule has 0 aliphatic carbocycles. The minimum atomic E-state index is -0.743. The number of carboxylic acid groups (broad SMARTS) is 1. The van der Waals surface area contributed by atoms with E-state index in [2.05, 4.69) is 13.0 Å². The summed E-state index contributed by atoms with van der Waals surface area (Å²) in [5.74, 6) is -0.209. The molecule has 1 unspecified atom stereocenters. The molecule has 3 heteroatoms. The number of ether oxygens (including phenoxy) is 1. The fourth-order valence-electron chi connectivity index (χ4n) is 1.73. The fourth-order valence-corrected chi connectivity index (χ4v) is 1.73. The van der Waals surface area contributed by atoms with Gasteiger partial charge in [-0.05, 0) is 49.4 Å². The lowest BCUT2D eigenvalue weighted by Crippen LogP contribution is -2.10. The smallest absolute Gasteiger partial charge is 0.306 e. The average Bonchev–Trinajstić information content (AvgIpc) is 2.29. The highest BCUT2D eigenvalue weighted by atomic mass is 16.5. The normalized spacial score (nSPS) is 12.2. The monoisotopic (exact) mass is 236 g/mol. The van der Waals surface area contributed by atoms with Crippen molar-refractivity contribution in [3.8, 4) is 5.75 Å². The van der Waals surface area contributed by atoms with Gasteiger partial charge in [-0.3, -0.25) is 4.79 Å². The van der Waals surface area contributed by atoms with Crippen molar-refractivity contribution in [2.75, 3.05) is 7.11 Å². The van der Waals surface area contributed by atoms with Gasteiger partial charge >= 0.3 is 5.97 Å². The second-order valence-electron chi connectivity index (χ2n) is 4.53. The first kappa shape index (κ1) is 13.6. The van der Waals surface area contributed by atoms with Crippen LogP contribution in [-0.4, -0.2) is 18.2 Å². The first-order valence-electron chi connectivity index (χ1n) is 5.82. The summed E-state index contributed by atoms with van der Waals surface area (Å²) in [7, 11) is 1.65. The molecule has 0 bridgehead atoms. The lowest BCUT2D eigenvalue weighted by Gasteiger charge is -2.13. The van der Waals surface area contributed by atoms with Crippen LogP contribution >= 0.6 is 0 Å². The third kappa shape index (κ3) is 3.48. The molecule has 1 rings (SSSR count). The summed E-state index contributed by atoms with van der Waals surface area (Å²) in [5.41, 5.74) is 3.49. The number of benzene rings is 1. The number of aliphatic carboxylic acids is 1. The van der Waals surface area contributed by atoms with Crippen LogP contribution in [0.25, 0.3) is 0 Å². The second kappa shape index (κ2) is 5.71. The molecule has 0 radical (unpaired) electrons. The molecule has 17 heavy (non-hydrogen) atoms. The minimum Gasteiger partial charge on any atom is -0.496 e. The molecule has 1 N–H and O–H groups in total. The molecule has 0 fully saturated rings. The van der Waals surface area contributed by atoms with Gasteiger partial charge in [-0.25, -0.2) is 0 Å². The third-order valence-corrected chi connectivity index (χ3v) is 3.17. The number of hydrogen-bond acceptors (Lipinski definition) is 2. The van der Waals surface area contributed by atoms with E-state index >= 15 is 0 Å². The Labute approximate surface area is 102 Å². The molecule has 0 heterocycles. The van der Waals surface area contributed by atoms with Gasteiger partial charge in [0.2, 0.25) is 0 Å². The highest BCUT2D eigenvalue weighted by molar-refractivity contribution is 5.69. The maximum absolute atomic E-state index is 10.8. The summed E-state index contributed by atoms with van der Waals surface area (Å²) in [6.45, 7) is 5.83. The number of rotatable bonds is 5. The van der Waals surface area contributed by atoms with Crippen LogP contribution < -0.4 is 4.74 Å². The van der Waals surface area contributed by atoms with Crippen molar-refractivity contribution in [2.24, 2.45) is 5.92 Å². The Hall–Kier alpha value is -1.51. The molecular weight excluding hydrogens is 216 g/mol. The predicted molar refractivity (Wildman–Crippen MR) is 67.6 cm³/mol. The molecule has 0 aromatic heterocycles. The summed E-state index contributed by atoms with van der Waals surface area (Å²) in [4.78, 5) is 10.8. The number of hydrogen-bond donors (Lipinski definition) is 1. The number of methoxy groups -OCH3 is 1. The summed E-state index contributed by atoms with van der Waals surface area (Å²) >= 11 is 0. The van der Waals surface area contributed by atoms with E-state index in [4.69, 9.17) is 9.84 Å². The third-order valence-electron chi connectivity index (χ3n) is 3.17. The van der Waals surface area contributed by atoms with E-state index in [1.165, 1.54) is 11.1 Å². The maximum Gasteiger partial charge on any atom is 0.306 e. The molecule has 1 aromatic carbocycles. The first-order chi connectivity index (χ1) is 7.95. The maximum atomic E-state index is 10.8. The minimum absolute atomic E-state index is 0.318. The Balaban J connectivity index is 2.83. The molecule has 1 aromatic rings. The molecule has 0 saturated heterocycles. The van der Waals surface area contributed by atoms with E-state index in [0.717, 1.165) is 17.7 Å². The molecule has 0 spiro atoms. The lowest BCUT2D eigenvalue weighted by atomic mass is 9.97. The molecule has 94 valence electrons. The van der Waals surface area contributed by atoms with Crippen LogP contribution in [0.3, 0.4) is 0 Å². The van der Waals surface area contributed by atoms with Crippen molar-refractivity contribution in [3.05, 3.63) is 28.8 Å². The molecule has 0 aliphatic heterocycles. The summed E-state index contributed by atoms with van der Waals surface area (Å²) in [6, 6.07) is 4.10. The van der Waals surface area contributed by atoms with Crippen molar-refractivity contribution in [1.29, 1.82) is 0 Å². The van der Waals surface area contributed by atoms with Crippen molar-refractivity contribution < 1.29 is 14.6 Å². The highest BCUT2D eigenvalue weighted by Gasteiger charge is 2.13. The molecule has 0 aliphatic rings. The van der Waals surface area contributed by atoms with Gasteiger partial charge in [-0.2, -0.15) is 0 Å². The van der Waals surface area contributed by atoms with Gasteiger partial charge in [0.05, 0.1) is 13.0 Å². The van der Waals surface area contributed by atoms with Gasteiger partial charge in [0.25, 0.3) is 0 Å². The molecular formula is C14H20O3. The van der Waals surface area contributed by atoms with E-state index in [1.54, 1.807) is 14.0 Å². The van der Waals surface area contributed by atoms with Crippen LogP contribution in [0.15, 0.2) is 12.1 Å². The molecule has 3 nitrogen and oxygen atoms in total. The fraction of sp³-hybridized carbons (Fsp3) is 0.500. The predicted octanol–water partition coefficient (Wildman–Crippen LogP) is 2.97. The lowest BCUT2D eigenvalue weighted by molar-refractivity contribution is -0.141. The Morgan fingerprint density at radius 2 is 1.94 bits per heavy atom. The van der Waals surface area contributed by atoms with Crippen LogP contribution in [0.1, 0.15) is 30.0 Å². The van der Waals surface area contributed by atoms with Gasteiger partial charge in [-0.15, -0.1) is 0 Å². The van der Waals surface area contributed by atoms with Crippen molar-refractivity contribution in [2.45, 2.75) is 33.6 Å². The van der Waals surface area contributed by atoms with Gasteiger partial charge in [0.15, 0.2) is 0 Å². The van der Waals surface area contributed by atoms with E-state index in [-0.39, 0.29) is 5.92 Å². The van der Waals surface area contributed by atoms with Gasteiger partial charge < -0.3 is 9.84 Å². The zero-order valence-corrected chi connectivity index (χ0v) is 10.9. The van der Waals surface area contributed by atoms with Gasteiger partial charge in [0, 0.05) is 0 Å². The van der Waals surface area contributed by atoms with E-state index < -0.39 is 5.97 Å². The number of aryl methyl sites for hydroxylation is 3. The highest BCUT2D eigenvalue weighted by Crippen LogP contribution is 2.25. The number of carboxylic acids is 1. The molecule has 0 saturated carbocycles. The van der Waals surface area contributed by atoms with E-state index in [1.807, 2.05) is 13.0 Å². The Morgan fingerprint density at radius 3 is 2.47 bits per heavy atom. The van der Waals surface area contributed by atoms with Crippen molar-refractivity contribution >= 4 is 5.97 Å². The standard InChI is InChI=1S/C14H20O3/c1-9(14(15)16)5-6-12-7-10(2)11(3)8-13(12)17-4/h7-9H,5-6H2,1-4H3,(H,15,16). The second-order valence-corrected chi connectivity index (χ2v) is 4.53. The zero-order chi connectivity index (χ0) is 13.0. The van der Waals surface area contributed by atoms with E-state index in [9.17, 15) is 4.79 Å². The van der Waals surface area contributed by atoms with Gasteiger partial charge in [0.1, 0.15) is 5.75 Å². The summed E-state index contributed by atoms with van der Waals surface area (Å²) in [6.07, 6.45) is 1.37. The van der Waals surface area contributed by atoms with Gasteiger partial charge in [-0.1, -0.05) is 13.0 Å². The molecule has 0 amide bonds. The van der Waals surface area contributed by atoms with Crippen LogP contribution in [-0.2, 0) is 11.2 Å². The Bertz CT molecular complexity index is 410. The van der Waals surface area contributed by atoms with E-state index in [0.29, 0.717) is 6.42 Å². The van der Waals surface area contributed by atoms with Crippen LogP contribution in [0.4, 0.5) is 0 Å². The van der Waals surface area contributed by atoms with Crippen LogP contribution in [0.5, 0.6) is 5.75 Å². The molecule has 1 atom stereocenters. The van der Waals surface area contributed by atoms with Crippen molar-refractivity contribution in [3.63, 3.8) is 0 Å². The van der Waals surface area contributed by atoms with Crippen LogP contribution in [0, 0.1) is 19.8 Å². The Morgan fingerprint density at radius 1 is 1.35 bits per heavy atom. The quantitative estimate of drug-likeness (QED) is 0.855. The number of carbonyl (C=O) groups is 1. The SMILES string of the molecule is COc1cc(C)c(C)cc1CCC(C)C(=O)O. The topological polar surface area (TPSA) is 46.5 Å². The summed E-state index contributed by atoms with van der Waals surface area (Å²) < 4.78 is 5.33. The Kier molecular flexibility index (Phi) is 4.55. The average molecular weight is 236 g/mol. The zero-order valence-electron chi connectivity index (χ0n) is 10.9. The summed E-state index contributed by atoms with van der Waals surface area (Å²) in [5, 5.41) is 8.85. The largest absolute Gasteiger partial charge is 0.496 e. The first-order valence-corrected chi connectivity index (χ1v) is 5.82.